The van der Waals surface area contributed by atoms with E-state index in [1.54, 1.807) is 44.3 Å². The number of benzene rings is 2. The molecule has 0 radical (unpaired) electrons. The van der Waals surface area contributed by atoms with Crippen LogP contribution in [0.5, 0.6) is 0 Å². The van der Waals surface area contributed by atoms with Crippen LogP contribution in [0.25, 0.3) is 0 Å². The van der Waals surface area contributed by atoms with E-state index in [4.69, 9.17) is 0 Å². The molecule has 0 spiro atoms. The van der Waals surface area contributed by atoms with Gasteiger partial charge in [-0.1, -0.05) is 31.2 Å². The van der Waals surface area contributed by atoms with Gasteiger partial charge in [0.15, 0.2) is 0 Å². The summed E-state index contributed by atoms with van der Waals surface area (Å²) in [6.07, 6.45) is -3.03. The number of nitrogens with zero attached hydrogens (tertiary/aromatic N) is 2. The molecule has 5 nitrogen and oxygen atoms in total. The fourth-order valence-electron chi connectivity index (χ4n) is 3.23. The lowest BCUT2D eigenvalue weighted by Crippen LogP contribution is -2.26. The Bertz CT molecular complexity index is 1160. The van der Waals surface area contributed by atoms with E-state index in [-0.39, 0.29) is 18.2 Å². The maximum absolute atomic E-state index is 13.0. The predicted molar refractivity (Wildman–Crippen MR) is 124 cm³/mol. The summed E-state index contributed by atoms with van der Waals surface area (Å²) >= 11 is 1.22. The van der Waals surface area contributed by atoms with Gasteiger partial charge < -0.3 is 10.2 Å². The summed E-state index contributed by atoms with van der Waals surface area (Å²) in [7, 11) is 1.67. The van der Waals surface area contributed by atoms with Crippen molar-refractivity contribution in [3.63, 3.8) is 0 Å². The Morgan fingerprint density at radius 3 is 2.55 bits per heavy atom. The van der Waals surface area contributed by atoms with Crippen LogP contribution in [-0.4, -0.2) is 23.8 Å². The zero-order valence-electron chi connectivity index (χ0n) is 18.5. The lowest BCUT2D eigenvalue weighted by atomic mass is 10.1. The molecule has 0 fully saturated rings. The van der Waals surface area contributed by atoms with Gasteiger partial charge in [0.1, 0.15) is 5.00 Å². The van der Waals surface area contributed by atoms with Crippen molar-refractivity contribution in [2.75, 3.05) is 17.3 Å². The Balaban J connectivity index is 1.73. The molecular weight excluding hydrogens is 451 g/mol. The minimum absolute atomic E-state index is 0.0346. The molecule has 9 heteroatoms. The zero-order chi connectivity index (χ0) is 24.2. The molecule has 174 valence electrons. The van der Waals surface area contributed by atoms with Crippen molar-refractivity contribution in [2.24, 2.45) is 0 Å². The molecule has 2 aromatic carbocycles. The fraction of sp³-hybridized carbons (Fsp3) is 0.292. The van der Waals surface area contributed by atoms with Gasteiger partial charge in [-0.3, -0.25) is 9.59 Å². The van der Waals surface area contributed by atoms with Crippen LogP contribution in [0.3, 0.4) is 0 Å². The molecular formula is C24H24F3N3O2S. The van der Waals surface area contributed by atoms with E-state index in [0.29, 0.717) is 38.9 Å². The highest BCUT2D eigenvalue weighted by molar-refractivity contribution is 7.16. The Kier molecular flexibility index (Phi) is 7.53. The van der Waals surface area contributed by atoms with Crippen LogP contribution >= 0.6 is 11.3 Å². The smallest absolute Gasteiger partial charge is 0.315 e. The van der Waals surface area contributed by atoms with Gasteiger partial charge in [-0.25, -0.2) is 4.98 Å². The number of hydrogen-bond donors (Lipinski definition) is 1. The van der Waals surface area contributed by atoms with Gasteiger partial charge in [-0.2, -0.15) is 13.2 Å². The molecule has 1 aromatic heterocycles. The monoisotopic (exact) mass is 475 g/mol. The van der Waals surface area contributed by atoms with Crippen LogP contribution in [0.4, 0.5) is 23.9 Å². The van der Waals surface area contributed by atoms with E-state index in [2.05, 4.69) is 10.3 Å². The van der Waals surface area contributed by atoms with Gasteiger partial charge in [-0.15, -0.1) is 11.3 Å². The number of amides is 2. The summed E-state index contributed by atoms with van der Waals surface area (Å²) in [5.41, 5.74) is 1.37. The molecule has 3 aromatic rings. The van der Waals surface area contributed by atoms with Gasteiger partial charge in [0, 0.05) is 31.1 Å². The summed E-state index contributed by atoms with van der Waals surface area (Å²) < 4.78 is 38.9. The quantitative estimate of drug-likeness (QED) is 0.451. The number of hydrogen-bond acceptors (Lipinski definition) is 4. The van der Waals surface area contributed by atoms with Crippen molar-refractivity contribution < 1.29 is 22.8 Å². The molecule has 0 saturated heterocycles. The van der Waals surface area contributed by atoms with Crippen molar-refractivity contribution in [2.45, 2.75) is 39.3 Å². The largest absolute Gasteiger partial charge is 0.416 e. The summed E-state index contributed by atoms with van der Waals surface area (Å²) in [4.78, 5) is 30.9. The second-order valence-corrected chi connectivity index (χ2v) is 8.69. The van der Waals surface area contributed by atoms with Gasteiger partial charge in [0.2, 0.25) is 5.91 Å². The summed E-state index contributed by atoms with van der Waals surface area (Å²) in [5.74, 6) is -0.391. The molecule has 0 bridgehead atoms. The van der Waals surface area contributed by atoms with Gasteiger partial charge in [0.05, 0.1) is 16.3 Å². The number of halogens is 3. The van der Waals surface area contributed by atoms with Gasteiger partial charge in [0.25, 0.3) is 5.91 Å². The molecule has 2 amide bonds. The van der Waals surface area contributed by atoms with Crippen molar-refractivity contribution >= 4 is 33.8 Å². The number of aryl methyl sites for hydroxylation is 1. The second kappa shape index (κ2) is 10.2. The SMILES string of the molecule is CCCC(=O)N(C)c1cccc(C(=O)Nc2sc(Cc3cccc(C(F)(F)F)c3)nc2C)c1. The van der Waals surface area contributed by atoms with Crippen LogP contribution in [0.2, 0.25) is 0 Å². The molecule has 0 saturated carbocycles. The first kappa shape index (κ1) is 24.4. The highest BCUT2D eigenvalue weighted by Crippen LogP contribution is 2.31. The number of carbonyl (C=O) groups is 2. The highest BCUT2D eigenvalue weighted by atomic mass is 32.1. The first-order valence-electron chi connectivity index (χ1n) is 10.4. The number of aromatic nitrogens is 1. The summed E-state index contributed by atoms with van der Waals surface area (Å²) in [6.45, 7) is 3.66. The van der Waals surface area contributed by atoms with E-state index >= 15 is 0 Å². The Labute approximate surface area is 194 Å². The minimum Gasteiger partial charge on any atom is -0.315 e. The maximum atomic E-state index is 13.0. The average Bonchev–Trinajstić information content (AvgIpc) is 3.11. The first-order valence-corrected chi connectivity index (χ1v) is 11.2. The van der Waals surface area contributed by atoms with E-state index in [9.17, 15) is 22.8 Å². The van der Waals surface area contributed by atoms with Gasteiger partial charge >= 0.3 is 6.18 Å². The number of anilines is 2. The van der Waals surface area contributed by atoms with Crippen LogP contribution in [-0.2, 0) is 17.4 Å². The lowest BCUT2D eigenvalue weighted by Gasteiger charge is -2.17. The molecule has 1 N–H and O–H groups in total. The molecule has 0 aliphatic heterocycles. The molecule has 0 unspecified atom stereocenters. The van der Waals surface area contributed by atoms with Crippen molar-refractivity contribution in [3.8, 4) is 0 Å². The number of nitrogens with one attached hydrogen (secondary N) is 1. The molecule has 0 aliphatic rings. The molecule has 0 atom stereocenters. The number of thiazole rings is 1. The van der Waals surface area contributed by atoms with E-state index < -0.39 is 11.7 Å². The lowest BCUT2D eigenvalue weighted by molar-refractivity contribution is -0.137. The highest BCUT2D eigenvalue weighted by Gasteiger charge is 2.30. The fourth-order valence-corrected chi connectivity index (χ4v) is 4.23. The summed E-state index contributed by atoms with van der Waals surface area (Å²) in [5, 5.41) is 3.95. The molecule has 3 rings (SSSR count). The predicted octanol–water partition coefficient (Wildman–Crippen LogP) is 6.08. The van der Waals surface area contributed by atoms with Crippen molar-refractivity contribution in [1.29, 1.82) is 0 Å². The Hall–Kier alpha value is -3.20. The third-order valence-corrected chi connectivity index (χ3v) is 6.08. The maximum Gasteiger partial charge on any atom is 0.416 e. The first-order chi connectivity index (χ1) is 15.6. The van der Waals surface area contributed by atoms with Crippen molar-refractivity contribution in [3.05, 3.63) is 75.9 Å². The van der Waals surface area contributed by atoms with Gasteiger partial charge in [-0.05, 0) is 43.2 Å². The molecule has 1 heterocycles. The average molecular weight is 476 g/mol. The van der Waals surface area contributed by atoms with Crippen LogP contribution in [0, 0.1) is 6.92 Å². The van der Waals surface area contributed by atoms with E-state index in [1.807, 2.05) is 6.92 Å². The van der Waals surface area contributed by atoms with Crippen molar-refractivity contribution in [1.82, 2.24) is 4.98 Å². The van der Waals surface area contributed by atoms with E-state index in [0.717, 1.165) is 18.6 Å². The topological polar surface area (TPSA) is 62.3 Å². The second-order valence-electron chi connectivity index (χ2n) is 7.60. The number of rotatable bonds is 7. The third-order valence-electron chi connectivity index (χ3n) is 5.01. The Morgan fingerprint density at radius 2 is 1.85 bits per heavy atom. The standard InChI is InChI=1S/C24H24F3N3O2S/c1-4-7-21(31)30(3)19-11-6-9-17(14-19)22(32)29-23-15(2)28-20(33-23)13-16-8-5-10-18(12-16)24(25,26)27/h5-6,8-12,14H,4,7,13H2,1-3H3,(H,29,32). The third kappa shape index (κ3) is 6.19. The normalized spacial score (nSPS) is 11.3. The van der Waals surface area contributed by atoms with E-state index in [1.165, 1.54) is 22.3 Å². The number of alkyl halides is 3. The van der Waals surface area contributed by atoms with Crippen LogP contribution in [0.1, 0.15) is 52.0 Å². The molecule has 33 heavy (non-hydrogen) atoms. The molecule has 0 aliphatic carbocycles. The zero-order valence-corrected chi connectivity index (χ0v) is 19.3. The number of carbonyl (C=O) groups excluding carboxylic acids is 2. The minimum atomic E-state index is -4.41. The van der Waals surface area contributed by atoms with Crippen LogP contribution < -0.4 is 10.2 Å². The summed E-state index contributed by atoms with van der Waals surface area (Å²) in [6, 6.07) is 11.9. The Morgan fingerprint density at radius 1 is 1.12 bits per heavy atom. The van der Waals surface area contributed by atoms with Crippen LogP contribution in [0.15, 0.2) is 48.5 Å².